The highest BCUT2D eigenvalue weighted by Gasteiger charge is 2.25. The normalized spacial score (nSPS) is 10.6. The van der Waals surface area contributed by atoms with Crippen molar-refractivity contribution in [3.8, 4) is 0 Å². The maximum absolute atomic E-state index is 12.9. The van der Waals surface area contributed by atoms with Gasteiger partial charge in [-0.25, -0.2) is 4.79 Å². The lowest BCUT2D eigenvalue weighted by Gasteiger charge is -2.09. The van der Waals surface area contributed by atoms with E-state index in [1.165, 1.54) is 18.2 Å². The lowest BCUT2D eigenvalue weighted by molar-refractivity contribution is -0.384. The molecule has 0 aliphatic carbocycles. The van der Waals surface area contributed by atoms with Gasteiger partial charge in [-0.05, 0) is 13.0 Å². The minimum Gasteiger partial charge on any atom is -0.422 e. The van der Waals surface area contributed by atoms with Crippen LogP contribution in [0, 0.1) is 10.1 Å². The third-order valence-electron chi connectivity index (χ3n) is 3.72. The summed E-state index contributed by atoms with van der Waals surface area (Å²) in [4.78, 5) is 47.4. The molecular formula is C18H11NO6. The summed E-state index contributed by atoms with van der Waals surface area (Å²) in [5.41, 5.74) is -1.58. The Bertz CT molecular complexity index is 1080. The number of nitrogens with zero attached hydrogens (tertiary/aromatic N) is 1. The number of hydrogen-bond acceptors (Lipinski definition) is 6. The first kappa shape index (κ1) is 16.3. The zero-order valence-electron chi connectivity index (χ0n) is 13.0. The Morgan fingerprint density at radius 1 is 1.04 bits per heavy atom. The average molecular weight is 337 g/mol. The second kappa shape index (κ2) is 6.12. The van der Waals surface area contributed by atoms with Crippen LogP contribution in [-0.2, 0) is 0 Å². The second-order valence-electron chi connectivity index (χ2n) is 5.33. The summed E-state index contributed by atoms with van der Waals surface area (Å²) in [6, 6.07) is 11.6. The van der Waals surface area contributed by atoms with Crippen LogP contribution in [0.2, 0.25) is 0 Å². The zero-order valence-corrected chi connectivity index (χ0v) is 13.0. The summed E-state index contributed by atoms with van der Waals surface area (Å²) < 4.78 is 5.06. The van der Waals surface area contributed by atoms with Gasteiger partial charge in [-0.15, -0.1) is 0 Å². The first-order chi connectivity index (χ1) is 11.9. The number of fused-ring (bicyclic) bond motifs is 1. The molecule has 0 radical (unpaired) electrons. The molecule has 0 N–H and O–H groups in total. The maximum atomic E-state index is 12.9. The summed E-state index contributed by atoms with van der Waals surface area (Å²) in [6.07, 6.45) is 0. The van der Waals surface area contributed by atoms with Crippen molar-refractivity contribution in [2.75, 3.05) is 0 Å². The van der Waals surface area contributed by atoms with Crippen LogP contribution in [0.3, 0.4) is 0 Å². The first-order valence-electron chi connectivity index (χ1n) is 7.26. The predicted molar refractivity (Wildman–Crippen MR) is 89.0 cm³/mol. The second-order valence-corrected chi connectivity index (χ2v) is 5.33. The van der Waals surface area contributed by atoms with Crippen molar-refractivity contribution in [1.82, 2.24) is 0 Å². The minimum absolute atomic E-state index is 0.000110. The van der Waals surface area contributed by atoms with E-state index in [-0.39, 0.29) is 27.8 Å². The molecule has 0 spiro atoms. The lowest BCUT2D eigenvalue weighted by Crippen LogP contribution is -2.19. The highest BCUT2D eigenvalue weighted by Crippen LogP contribution is 2.27. The number of Topliss-reactive ketones (excluding diaryl/α,β-unsaturated/α-hetero) is 1. The quantitative estimate of drug-likeness (QED) is 0.313. The van der Waals surface area contributed by atoms with E-state index in [0.717, 1.165) is 19.1 Å². The van der Waals surface area contributed by atoms with Gasteiger partial charge >= 0.3 is 5.63 Å². The van der Waals surface area contributed by atoms with Gasteiger partial charge in [-0.1, -0.05) is 30.3 Å². The van der Waals surface area contributed by atoms with Gasteiger partial charge < -0.3 is 4.42 Å². The molecule has 0 fully saturated rings. The molecular weight excluding hydrogens is 326 g/mol. The third kappa shape index (κ3) is 2.83. The van der Waals surface area contributed by atoms with E-state index in [4.69, 9.17) is 4.42 Å². The van der Waals surface area contributed by atoms with Crippen molar-refractivity contribution in [2.45, 2.75) is 6.92 Å². The van der Waals surface area contributed by atoms with E-state index in [2.05, 4.69) is 0 Å². The van der Waals surface area contributed by atoms with E-state index >= 15 is 0 Å². The summed E-state index contributed by atoms with van der Waals surface area (Å²) in [7, 11) is 0. The molecule has 124 valence electrons. The van der Waals surface area contributed by atoms with Crippen molar-refractivity contribution in [2.24, 2.45) is 0 Å². The molecule has 0 amide bonds. The fourth-order valence-corrected chi connectivity index (χ4v) is 2.59. The molecule has 0 saturated carbocycles. The van der Waals surface area contributed by atoms with Gasteiger partial charge in [-0.2, -0.15) is 0 Å². The Labute approximate surface area is 140 Å². The Hall–Kier alpha value is -3.61. The molecule has 0 unspecified atom stereocenters. The Kier molecular flexibility index (Phi) is 3.98. The van der Waals surface area contributed by atoms with Crippen LogP contribution >= 0.6 is 0 Å². The van der Waals surface area contributed by atoms with Crippen LogP contribution in [0.5, 0.6) is 0 Å². The number of benzene rings is 2. The number of nitro groups is 1. The fraction of sp³-hybridized carbons (Fsp3) is 0.0556. The monoisotopic (exact) mass is 337 g/mol. The molecule has 0 aliphatic heterocycles. The standard InChI is InChI=1S/C18H11NO6/c1-10(20)15-16(17(21)11-5-3-2-4-6-11)13-9-12(19(23)24)7-8-14(13)25-18(15)22/h2-9H,1H3. The summed E-state index contributed by atoms with van der Waals surface area (Å²) in [5.74, 6) is -1.23. The van der Waals surface area contributed by atoms with Crippen LogP contribution in [0.1, 0.15) is 33.2 Å². The first-order valence-corrected chi connectivity index (χ1v) is 7.26. The number of non-ortho nitro benzene ring substituents is 1. The minimum atomic E-state index is -0.951. The number of ketones is 2. The molecule has 0 saturated heterocycles. The smallest absolute Gasteiger partial charge is 0.347 e. The molecule has 0 atom stereocenters. The molecule has 0 aliphatic rings. The largest absolute Gasteiger partial charge is 0.422 e. The Balaban J connectivity index is 2.43. The molecule has 3 rings (SSSR count). The van der Waals surface area contributed by atoms with Gasteiger partial charge in [0.2, 0.25) is 0 Å². The maximum Gasteiger partial charge on any atom is 0.347 e. The van der Waals surface area contributed by atoms with E-state index in [0.29, 0.717) is 0 Å². The number of hydrogen-bond donors (Lipinski definition) is 0. The van der Waals surface area contributed by atoms with Crippen LogP contribution in [-0.4, -0.2) is 16.5 Å². The zero-order chi connectivity index (χ0) is 18.1. The molecule has 25 heavy (non-hydrogen) atoms. The van der Waals surface area contributed by atoms with Gasteiger partial charge in [0.1, 0.15) is 11.1 Å². The molecule has 1 aromatic heterocycles. The number of nitro benzene ring substituents is 1. The van der Waals surface area contributed by atoms with Crippen molar-refractivity contribution >= 4 is 28.2 Å². The van der Waals surface area contributed by atoms with Crippen molar-refractivity contribution < 1.29 is 18.9 Å². The molecule has 2 aromatic carbocycles. The highest BCUT2D eigenvalue weighted by molar-refractivity contribution is 6.21. The van der Waals surface area contributed by atoms with Crippen molar-refractivity contribution in [3.63, 3.8) is 0 Å². The van der Waals surface area contributed by atoms with Gasteiger partial charge in [-0.3, -0.25) is 19.7 Å². The van der Waals surface area contributed by atoms with E-state index in [9.17, 15) is 24.5 Å². The van der Waals surface area contributed by atoms with Crippen molar-refractivity contribution in [3.05, 3.63) is 85.8 Å². The van der Waals surface area contributed by atoms with Crippen molar-refractivity contribution in [1.29, 1.82) is 0 Å². The fourth-order valence-electron chi connectivity index (χ4n) is 2.59. The lowest BCUT2D eigenvalue weighted by atomic mass is 9.94. The Morgan fingerprint density at radius 3 is 2.32 bits per heavy atom. The predicted octanol–water partition coefficient (Wildman–Crippen LogP) is 3.13. The van der Waals surface area contributed by atoms with Crippen LogP contribution in [0.4, 0.5) is 5.69 Å². The van der Waals surface area contributed by atoms with Gasteiger partial charge in [0.05, 0.1) is 10.5 Å². The number of rotatable bonds is 4. The van der Waals surface area contributed by atoms with E-state index in [1.54, 1.807) is 18.2 Å². The van der Waals surface area contributed by atoms with Crippen LogP contribution in [0.15, 0.2) is 57.7 Å². The van der Waals surface area contributed by atoms with Gasteiger partial charge in [0.15, 0.2) is 11.6 Å². The van der Waals surface area contributed by atoms with E-state index in [1.807, 2.05) is 0 Å². The van der Waals surface area contributed by atoms with Gasteiger partial charge in [0.25, 0.3) is 5.69 Å². The topological polar surface area (TPSA) is 107 Å². The summed E-state index contributed by atoms with van der Waals surface area (Å²) >= 11 is 0. The Morgan fingerprint density at radius 2 is 1.72 bits per heavy atom. The van der Waals surface area contributed by atoms with E-state index < -0.39 is 27.7 Å². The van der Waals surface area contributed by atoms with Crippen LogP contribution in [0.25, 0.3) is 11.0 Å². The SMILES string of the molecule is CC(=O)c1c(C(=O)c2ccccc2)c2cc([N+](=O)[O-])ccc2oc1=O. The average Bonchev–Trinajstić information content (AvgIpc) is 2.59. The summed E-state index contributed by atoms with van der Waals surface area (Å²) in [5, 5.41) is 11.1. The summed E-state index contributed by atoms with van der Waals surface area (Å²) in [6.45, 7) is 1.14. The number of carbonyl (C=O) groups excluding carboxylic acids is 2. The van der Waals surface area contributed by atoms with Crippen LogP contribution < -0.4 is 5.63 Å². The molecule has 7 heteroatoms. The third-order valence-corrected chi connectivity index (χ3v) is 3.72. The highest BCUT2D eigenvalue weighted by atomic mass is 16.6. The molecule has 0 bridgehead atoms. The number of carbonyl (C=O) groups is 2. The molecule has 1 heterocycles. The molecule has 7 nitrogen and oxygen atoms in total. The molecule has 3 aromatic rings. The van der Waals surface area contributed by atoms with Gasteiger partial charge in [0, 0.05) is 23.1 Å².